The van der Waals surface area contributed by atoms with Crippen LogP contribution in [0.5, 0.6) is 0 Å². The minimum atomic E-state index is -4.45. The summed E-state index contributed by atoms with van der Waals surface area (Å²) in [6.45, 7) is 1.69. The third kappa shape index (κ3) is 5.25. The van der Waals surface area contributed by atoms with E-state index in [1.54, 1.807) is 6.92 Å². The minimum Gasteiger partial charge on any atom is -0.393 e. The molecule has 0 bridgehead atoms. The van der Waals surface area contributed by atoms with Crippen molar-refractivity contribution in [2.24, 2.45) is 0 Å². The first-order chi connectivity index (χ1) is 14.6. The van der Waals surface area contributed by atoms with Gasteiger partial charge in [0.15, 0.2) is 5.69 Å². The molecule has 1 aliphatic carbocycles. The molecule has 1 heterocycles. The van der Waals surface area contributed by atoms with E-state index < -0.39 is 29.6 Å². The maximum absolute atomic E-state index is 12.9. The van der Waals surface area contributed by atoms with Gasteiger partial charge < -0.3 is 15.7 Å². The molecule has 10 heteroatoms. The minimum absolute atomic E-state index is 0.0329. The van der Waals surface area contributed by atoms with Crippen molar-refractivity contribution in [1.82, 2.24) is 20.4 Å². The van der Waals surface area contributed by atoms with Crippen LogP contribution < -0.4 is 10.6 Å². The summed E-state index contributed by atoms with van der Waals surface area (Å²) < 4.78 is 39.9. The summed E-state index contributed by atoms with van der Waals surface area (Å²) in [5.41, 5.74) is -0.0931. The maximum Gasteiger partial charge on any atom is 0.416 e. The van der Waals surface area contributed by atoms with Crippen LogP contribution >= 0.6 is 0 Å². The van der Waals surface area contributed by atoms with E-state index in [0.717, 1.165) is 12.1 Å². The van der Waals surface area contributed by atoms with Gasteiger partial charge in [0.1, 0.15) is 5.69 Å². The Hall–Kier alpha value is -2.88. The van der Waals surface area contributed by atoms with E-state index in [-0.39, 0.29) is 23.5 Å². The van der Waals surface area contributed by atoms with Gasteiger partial charge >= 0.3 is 6.18 Å². The smallest absolute Gasteiger partial charge is 0.393 e. The Balaban J connectivity index is 1.88. The van der Waals surface area contributed by atoms with E-state index in [4.69, 9.17) is 0 Å². The Labute approximate surface area is 177 Å². The molecule has 1 aromatic carbocycles. The molecule has 3 rings (SSSR count). The number of halogens is 3. The van der Waals surface area contributed by atoms with Crippen molar-refractivity contribution in [2.75, 3.05) is 7.05 Å². The largest absolute Gasteiger partial charge is 0.416 e. The topological polar surface area (TPSA) is 96.3 Å². The van der Waals surface area contributed by atoms with Gasteiger partial charge in [0.25, 0.3) is 11.8 Å². The van der Waals surface area contributed by atoms with Gasteiger partial charge in [0.05, 0.1) is 17.7 Å². The number of aromatic nitrogens is 2. The highest BCUT2D eigenvalue weighted by Gasteiger charge is 2.31. The zero-order chi connectivity index (χ0) is 22.8. The summed E-state index contributed by atoms with van der Waals surface area (Å²) in [5, 5.41) is 19.2. The Morgan fingerprint density at radius 3 is 2.29 bits per heavy atom. The molecule has 1 saturated carbocycles. The molecular formula is C21H25F3N4O3. The molecule has 31 heavy (non-hydrogen) atoms. The van der Waals surface area contributed by atoms with Crippen LogP contribution in [0.15, 0.2) is 30.3 Å². The van der Waals surface area contributed by atoms with Gasteiger partial charge in [-0.25, -0.2) is 0 Å². The first-order valence-corrected chi connectivity index (χ1v) is 10.1. The summed E-state index contributed by atoms with van der Waals surface area (Å²) >= 11 is 0. The average molecular weight is 438 g/mol. The molecule has 0 aliphatic heterocycles. The van der Waals surface area contributed by atoms with E-state index in [9.17, 15) is 27.9 Å². The maximum atomic E-state index is 12.9. The fourth-order valence-electron chi connectivity index (χ4n) is 3.67. The third-order valence-corrected chi connectivity index (χ3v) is 5.55. The molecule has 1 aromatic heterocycles. The number of carbonyl (C=O) groups excluding carboxylic acids is 2. The van der Waals surface area contributed by atoms with Crippen LogP contribution in [-0.2, 0) is 6.18 Å². The molecule has 1 aliphatic rings. The number of benzene rings is 1. The molecule has 168 valence electrons. The van der Waals surface area contributed by atoms with Crippen LogP contribution in [0.1, 0.15) is 70.8 Å². The van der Waals surface area contributed by atoms with Gasteiger partial charge in [-0.05, 0) is 50.3 Å². The van der Waals surface area contributed by atoms with E-state index in [1.807, 2.05) is 0 Å². The van der Waals surface area contributed by atoms with Crippen LogP contribution in [0.2, 0.25) is 0 Å². The monoisotopic (exact) mass is 438 g/mol. The highest BCUT2D eigenvalue weighted by molar-refractivity contribution is 5.98. The first kappa shape index (κ1) is 22.8. The number of aliphatic hydroxyl groups is 1. The lowest BCUT2D eigenvalue weighted by atomic mass is 9.93. The Bertz CT molecular complexity index is 932. The molecule has 3 N–H and O–H groups in total. The van der Waals surface area contributed by atoms with E-state index in [2.05, 4.69) is 15.7 Å². The van der Waals surface area contributed by atoms with Crippen LogP contribution in [0.4, 0.5) is 13.2 Å². The van der Waals surface area contributed by atoms with Crippen molar-refractivity contribution in [3.63, 3.8) is 0 Å². The van der Waals surface area contributed by atoms with E-state index in [1.165, 1.54) is 29.9 Å². The highest BCUT2D eigenvalue weighted by Crippen LogP contribution is 2.30. The van der Waals surface area contributed by atoms with Crippen molar-refractivity contribution in [1.29, 1.82) is 0 Å². The number of aliphatic hydroxyl groups excluding tert-OH is 1. The summed E-state index contributed by atoms with van der Waals surface area (Å²) in [6, 6.07) is 5.28. The normalized spacial score (nSPS) is 20.2. The number of rotatable bonds is 5. The summed E-state index contributed by atoms with van der Waals surface area (Å²) in [4.78, 5) is 25.0. The first-order valence-electron chi connectivity index (χ1n) is 10.1. The average Bonchev–Trinajstić information content (AvgIpc) is 3.19. The summed E-state index contributed by atoms with van der Waals surface area (Å²) in [7, 11) is 1.44. The zero-order valence-corrected chi connectivity index (χ0v) is 17.2. The van der Waals surface area contributed by atoms with Crippen molar-refractivity contribution in [3.8, 4) is 0 Å². The van der Waals surface area contributed by atoms with Crippen LogP contribution in [0.25, 0.3) is 0 Å². The molecule has 1 fully saturated rings. The summed E-state index contributed by atoms with van der Waals surface area (Å²) in [6.07, 6.45) is -2.35. The Kier molecular flexibility index (Phi) is 6.68. The second-order valence-electron chi connectivity index (χ2n) is 7.71. The molecule has 2 aromatic rings. The van der Waals surface area contributed by atoms with Crippen LogP contribution in [0, 0.1) is 0 Å². The summed E-state index contributed by atoms with van der Waals surface area (Å²) in [5.74, 6) is -0.906. The van der Waals surface area contributed by atoms with Gasteiger partial charge in [0.2, 0.25) is 0 Å². The van der Waals surface area contributed by atoms with Crippen molar-refractivity contribution >= 4 is 11.8 Å². The molecule has 7 nitrogen and oxygen atoms in total. The van der Waals surface area contributed by atoms with Crippen LogP contribution in [-0.4, -0.2) is 45.9 Å². The molecular weight excluding hydrogens is 413 g/mol. The number of hydrogen-bond donors (Lipinski definition) is 3. The number of amides is 2. The molecule has 1 atom stereocenters. The molecule has 2 amide bonds. The molecule has 0 spiro atoms. The SMILES string of the molecule is CNC(=O)c1cc(C(=O)N[C@H]2CC[C@H](O)CC2)n(C(C)c2ccc(C(F)(F)F)cc2)n1. The van der Waals surface area contributed by atoms with Gasteiger partial charge in [-0.15, -0.1) is 0 Å². The van der Waals surface area contributed by atoms with Crippen molar-refractivity contribution in [3.05, 3.63) is 52.8 Å². The zero-order valence-electron chi connectivity index (χ0n) is 17.2. The van der Waals surface area contributed by atoms with Crippen LogP contribution in [0.3, 0.4) is 0 Å². The highest BCUT2D eigenvalue weighted by atomic mass is 19.4. The van der Waals surface area contributed by atoms with Crippen molar-refractivity contribution < 1.29 is 27.9 Å². The Morgan fingerprint density at radius 2 is 1.74 bits per heavy atom. The van der Waals surface area contributed by atoms with E-state index >= 15 is 0 Å². The number of carbonyl (C=O) groups is 2. The predicted octanol–water partition coefficient (Wildman–Crippen LogP) is 2.90. The molecule has 0 saturated heterocycles. The number of nitrogens with one attached hydrogen (secondary N) is 2. The van der Waals surface area contributed by atoms with Gasteiger partial charge in [0, 0.05) is 19.2 Å². The number of nitrogens with zero attached hydrogens (tertiary/aromatic N) is 2. The quantitative estimate of drug-likeness (QED) is 0.669. The predicted molar refractivity (Wildman–Crippen MR) is 107 cm³/mol. The lowest BCUT2D eigenvalue weighted by molar-refractivity contribution is -0.137. The number of alkyl halides is 3. The molecule has 1 unspecified atom stereocenters. The number of hydrogen-bond acceptors (Lipinski definition) is 4. The van der Waals surface area contributed by atoms with Crippen molar-refractivity contribution in [2.45, 2.75) is 57.0 Å². The second kappa shape index (κ2) is 9.09. The van der Waals surface area contributed by atoms with Gasteiger partial charge in [-0.1, -0.05) is 12.1 Å². The molecule has 0 radical (unpaired) electrons. The van der Waals surface area contributed by atoms with Gasteiger partial charge in [-0.2, -0.15) is 18.3 Å². The van der Waals surface area contributed by atoms with Gasteiger partial charge in [-0.3, -0.25) is 14.3 Å². The lowest BCUT2D eigenvalue weighted by Gasteiger charge is -2.26. The Morgan fingerprint density at radius 1 is 1.13 bits per heavy atom. The fourth-order valence-corrected chi connectivity index (χ4v) is 3.67. The lowest BCUT2D eigenvalue weighted by Crippen LogP contribution is -2.39. The standard InChI is InChI=1S/C21H25F3N4O3/c1-12(13-3-5-14(6-4-13)21(22,23)24)28-18(11-17(27-28)19(30)25-2)20(31)26-15-7-9-16(29)10-8-15/h3-6,11-12,15-16,29H,7-10H2,1-2H3,(H,25,30)(H,26,31)/t12?,15-,16-. The second-order valence-corrected chi connectivity index (χ2v) is 7.71. The van der Waals surface area contributed by atoms with E-state index in [0.29, 0.717) is 31.2 Å². The third-order valence-electron chi connectivity index (χ3n) is 5.55. The fraction of sp³-hybridized carbons (Fsp3) is 0.476.